The molecule has 1 heterocycles. The molecule has 2 N–H and O–H groups in total. The van der Waals surface area contributed by atoms with Gasteiger partial charge in [0, 0.05) is 12.8 Å². The molecule has 0 fully saturated rings. The molecule has 0 aliphatic carbocycles. The molecular weight excluding hydrogens is 192 g/mol. The summed E-state index contributed by atoms with van der Waals surface area (Å²) in [6.45, 7) is 4.95. The minimum Gasteiger partial charge on any atom is -0.380 e. The fourth-order valence-corrected chi connectivity index (χ4v) is 1.32. The average Bonchev–Trinajstić information content (AvgIpc) is 2.67. The van der Waals surface area contributed by atoms with Gasteiger partial charge in [0.15, 0.2) is 0 Å². The van der Waals surface area contributed by atoms with E-state index in [-0.39, 0.29) is 0 Å². The fourth-order valence-electron chi connectivity index (χ4n) is 1.32. The van der Waals surface area contributed by atoms with Crippen molar-refractivity contribution in [2.45, 2.75) is 32.7 Å². The highest BCUT2D eigenvalue weighted by molar-refractivity contribution is 4.92. The first-order valence-electron chi connectivity index (χ1n) is 5.53. The van der Waals surface area contributed by atoms with Gasteiger partial charge in [-0.15, -0.1) is 5.10 Å². The number of hydrogen-bond acceptors (Lipinski definition) is 4. The monoisotopic (exact) mass is 212 g/mol. The highest BCUT2D eigenvalue weighted by Crippen LogP contribution is 2.00. The maximum atomic E-state index is 5.42. The van der Waals surface area contributed by atoms with E-state index < -0.39 is 0 Å². The van der Waals surface area contributed by atoms with Gasteiger partial charge in [-0.3, -0.25) is 0 Å². The second-order valence-electron chi connectivity index (χ2n) is 3.42. The Balaban J connectivity index is 2.23. The normalized spacial score (nSPS) is 10.8. The van der Waals surface area contributed by atoms with Gasteiger partial charge in [0.05, 0.1) is 18.8 Å². The van der Waals surface area contributed by atoms with Crippen molar-refractivity contribution in [3.63, 3.8) is 0 Å². The predicted molar refractivity (Wildman–Crippen MR) is 58.5 cm³/mol. The van der Waals surface area contributed by atoms with Crippen molar-refractivity contribution in [3.8, 4) is 0 Å². The number of ether oxygens (including phenoxy) is 1. The molecule has 86 valence electrons. The molecule has 0 aromatic carbocycles. The zero-order chi connectivity index (χ0) is 10.9. The van der Waals surface area contributed by atoms with E-state index in [9.17, 15) is 0 Å². The van der Waals surface area contributed by atoms with Crippen LogP contribution in [0.3, 0.4) is 0 Å². The van der Waals surface area contributed by atoms with Crippen LogP contribution in [0.15, 0.2) is 6.20 Å². The van der Waals surface area contributed by atoms with E-state index in [1.165, 1.54) is 0 Å². The maximum absolute atomic E-state index is 5.42. The molecule has 1 aromatic heterocycles. The zero-order valence-corrected chi connectivity index (χ0v) is 9.35. The van der Waals surface area contributed by atoms with E-state index in [0.717, 1.165) is 44.7 Å². The number of hydrogen-bond donors (Lipinski definition) is 1. The summed E-state index contributed by atoms with van der Waals surface area (Å²) in [6, 6.07) is 0. The fraction of sp³-hybridized carbons (Fsp3) is 0.800. The van der Waals surface area contributed by atoms with Crippen molar-refractivity contribution in [1.82, 2.24) is 15.0 Å². The SMILES string of the molecule is CCOCCn1cc(CCCCN)nn1. The third-order valence-corrected chi connectivity index (χ3v) is 2.14. The van der Waals surface area contributed by atoms with E-state index in [1.807, 2.05) is 17.8 Å². The average molecular weight is 212 g/mol. The Hall–Kier alpha value is -0.940. The standard InChI is InChI=1S/C10H20N4O/c1-2-15-8-7-14-9-10(12-13-14)5-3-4-6-11/h9H,2-8,11H2,1H3. The molecule has 0 saturated carbocycles. The molecule has 0 radical (unpaired) electrons. The van der Waals surface area contributed by atoms with Gasteiger partial charge in [-0.25, -0.2) is 4.68 Å². The van der Waals surface area contributed by atoms with Gasteiger partial charge >= 0.3 is 0 Å². The summed E-state index contributed by atoms with van der Waals surface area (Å²) in [5, 5.41) is 8.11. The van der Waals surface area contributed by atoms with Crippen LogP contribution < -0.4 is 5.73 Å². The van der Waals surface area contributed by atoms with Crippen LogP contribution in [0.4, 0.5) is 0 Å². The number of nitrogens with zero attached hydrogens (tertiary/aromatic N) is 3. The van der Waals surface area contributed by atoms with Crippen LogP contribution in [-0.2, 0) is 17.7 Å². The number of aromatic nitrogens is 3. The lowest BCUT2D eigenvalue weighted by Gasteiger charge is -1.99. The Morgan fingerprint density at radius 1 is 1.47 bits per heavy atom. The quantitative estimate of drug-likeness (QED) is 0.641. The first-order valence-corrected chi connectivity index (χ1v) is 5.53. The zero-order valence-electron chi connectivity index (χ0n) is 9.35. The Kier molecular flexibility index (Phi) is 5.96. The predicted octanol–water partition coefficient (Wildman–Crippen LogP) is 0.596. The molecule has 0 spiro atoms. The number of unbranched alkanes of at least 4 members (excludes halogenated alkanes) is 1. The first-order chi connectivity index (χ1) is 7.36. The van der Waals surface area contributed by atoms with Crippen LogP contribution in [0.2, 0.25) is 0 Å². The molecule has 15 heavy (non-hydrogen) atoms. The smallest absolute Gasteiger partial charge is 0.0827 e. The van der Waals surface area contributed by atoms with Gasteiger partial charge in [0.25, 0.3) is 0 Å². The third kappa shape index (κ3) is 4.90. The van der Waals surface area contributed by atoms with Crippen molar-refractivity contribution in [1.29, 1.82) is 0 Å². The van der Waals surface area contributed by atoms with Crippen LogP contribution in [0.5, 0.6) is 0 Å². The topological polar surface area (TPSA) is 66.0 Å². The molecule has 5 heteroatoms. The van der Waals surface area contributed by atoms with Crippen molar-refractivity contribution < 1.29 is 4.74 Å². The van der Waals surface area contributed by atoms with Gasteiger partial charge in [0.1, 0.15) is 0 Å². The van der Waals surface area contributed by atoms with Crippen molar-refractivity contribution in [2.24, 2.45) is 5.73 Å². The number of nitrogens with two attached hydrogens (primary N) is 1. The van der Waals surface area contributed by atoms with Gasteiger partial charge in [-0.2, -0.15) is 0 Å². The molecule has 0 saturated heterocycles. The molecule has 0 aliphatic rings. The highest BCUT2D eigenvalue weighted by Gasteiger charge is 1.99. The molecule has 0 unspecified atom stereocenters. The van der Waals surface area contributed by atoms with Gasteiger partial charge in [-0.05, 0) is 32.7 Å². The lowest BCUT2D eigenvalue weighted by atomic mass is 10.2. The largest absolute Gasteiger partial charge is 0.380 e. The Morgan fingerprint density at radius 3 is 3.07 bits per heavy atom. The molecule has 0 bridgehead atoms. The minimum atomic E-state index is 0.697. The summed E-state index contributed by atoms with van der Waals surface area (Å²) in [7, 11) is 0. The number of aryl methyl sites for hydroxylation is 1. The van der Waals surface area contributed by atoms with E-state index in [4.69, 9.17) is 10.5 Å². The third-order valence-electron chi connectivity index (χ3n) is 2.14. The second kappa shape index (κ2) is 7.36. The summed E-state index contributed by atoms with van der Waals surface area (Å²) in [6.07, 6.45) is 5.08. The van der Waals surface area contributed by atoms with Gasteiger partial charge in [0.2, 0.25) is 0 Å². The minimum absolute atomic E-state index is 0.697. The van der Waals surface area contributed by atoms with Crippen molar-refractivity contribution in [3.05, 3.63) is 11.9 Å². The summed E-state index contributed by atoms with van der Waals surface area (Å²) in [4.78, 5) is 0. The lowest BCUT2D eigenvalue weighted by Crippen LogP contribution is -2.06. The summed E-state index contributed by atoms with van der Waals surface area (Å²) in [5.41, 5.74) is 6.46. The van der Waals surface area contributed by atoms with E-state index in [1.54, 1.807) is 0 Å². The van der Waals surface area contributed by atoms with E-state index in [0.29, 0.717) is 6.61 Å². The van der Waals surface area contributed by atoms with Crippen molar-refractivity contribution in [2.75, 3.05) is 19.8 Å². The summed E-state index contributed by atoms with van der Waals surface area (Å²) >= 11 is 0. The molecule has 0 amide bonds. The Bertz CT molecular complexity index is 237. The lowest BCUT2D eigenvalue weighted by molar-refractivity contribution is 0.136. The van der Waals surface area contributed by atoms with Gasteiger partial charge < -0.3 is 10.5 Å². The van der Waals surface area contributed by atoms with Crippen LogP contribution in [-0.4, -0.2) is 34.8 Å². The molecule has 1 rings (SSSR count). The molecule has 5 nitrogen and oxygen atoms in total. The maximum Gasteiger partial charge on any atom is 0.0827 e. The number of rotatable bonds is 8. The van der Waals surface area contributed by atoms with E-state index in [2.05, 4.69) is 10.3 Å². The van der Waals surface area contributed by atoms with Crippen LogP contribution in [0.1, 0.15) is 25.5 Å². The first kappa shape index (κ1) is 12.1. The Morgan fingerprint density at radius 2 is 2.33 bits per heavy atom. The summed E-state index contributed by atoms with van der Waals surface area (Å²) < 4.78 is 7.07. The Labute approximate surface area is 90.6 Å². The molecule has 0 atom stereocenters. The molecular formula is C10H20N4O. The molecule has 1 aromatic rings. The van der Waals surface area contributed by atoms with Crippen LogP contribution >= 0.6 is 0 Å². The van der Waals surface area contributed by atoms with E-state index >= 15 is 0 Å². The van der Waals surface area contributed by atoms with Crippen molar-refractivity contribution >= 4 is 0 Å². The second-order valence-corrected chi connectivity index (χ2v) is 3.42. The summed E-state index contributed by atoms with van der Waals surface area (Å²) in [5.74, 6) is 0. The highest BCUT2D eigenvalue weighted by atomic mass is 16.5. The van der Waals surface area contributed by atoms with Crippen LogP contribution in [0, 0.1) is 0 Å². The van der Waals surface area contributed by atoms with Crippen LogP contribution in [0.25, 0.3) is 0 Å². The molecule has 0 aliphatic heterocycles. The van der Waals surface area contributed by atoms with Gasteiger partial charge in [-0.1, -0.05) is 5.21 Å².